The lowest BCUT2D eigenvalue weighted by atomic mass is 9.98. The molecule has 0 spiro atoms. The maximum absolute atomic E-state index is 12.8. The van der Waals surface area contributed by atoms with Gasteiger partial charge in [-0.3, -0.25) is 0 Å². The van der Waals surface area contributed by atoms with Gasteiger partial charge in [0.2, 0.25) is 0 Å². The molecule has 0 aliphatic rings. The third-order valence-electron chi connectivity index (χ3n) is 2.48. The van der Waals surface area contributed by atoms with Crippen LogP contribution in [0.4, 0.5) is 4.39 Å². The molecule has 0 saturated heterocycles. The summed E-state index contributed by atoms with van der Waals surface area (Å²) in [5.74, 6) is -0.253. The smallest absolute Gasteiger partial charge is 0.124 e. The van der Waals surface area contributed by atoms with Crippen molar-refractivity contribution in [3.63, 3.8) is 0 Å². The second-order valence-corrected chi connectivity index (χ2v) is 3.53. The fourth-order valence-corrected chi connectivity index (χ4v) is 1.70. The molecule has 80 valence electrons. The number of rotatable bonds is 3. The van der Waals surface area contributed by atoms with Gasteiger partial charge in [0.25, 0.3) is 0 Å². The van der Waals surface area contributed by atoms with Crippen molar-refractivity contribution < 1.29 is 9.18 Å². The minimum absolute atomic E-state index is 0.253. The van der Waals surface area contributed by atoms with Crippen LogP contribution in [0, 0.1) is 5.82 Å². The highest BCUT2D eigenvalue weighted by atomic mass is 19.1. The number of halogens is 1. The summed E-state index contributed by atoms with van der Waals surface area (Å²) in [6, 6.07) is 13.9. The Kier molecular flexibility index (Phi) is 3.10. The number of hydrogen-bond donors (Lipinski definition) is 0. The summed E-state index contributed by atoms with van der Waals surface area (Å²) >= 11 is 0. The van der Waals surface area contributed by atoms with Gasteiger partial charge in [0.05, 0.1) is 0 Å². The van der Waals surface area contributed by atoms with Gasteiger partial charge in [-0.2, -0.15) is 0 Å². The van der Waals surface area contributed by atoms with Crippen LogP contribution in [0.25, 0.3) is 11.1 Å². The van der Waals surface area contributed by atoms with Gasteiger partial charge in [-0.15, -0.1) is 0 Å². The Morgan fingerprint density at radius 2 is 1.69 bits per heavy atom. The predicted octanol–water partition coefficient (Wildman–Crippen LogP) is 3.23. The Bertz CT molecular complexity index is 488. The Morgan fingerprint density at radius 1 is 1.00 bits per heavy atom. The zero-order chi connectivity index (χ0) is 11.4. The van der Waals surface area contributed by atoms with Crippen LogP contribution in [0.3, 0.4) is 0 Å². The average Bonchev–Trinajstić information content (AvgIpc) is 2.32. The van der Waals surface area contributed by atoms with E-state index in [1.807, 2.05) is 24.3 Å². The van der Waals surface area contributed by atoms with Crippen LogP contribution in [-0.4, -0.2) is 6.29 Å². The normalized spacial score (nSPS) is 10.1. The van der Waals surface area contributed by atoms with Crippen molar-refractivity contribution in [3.8, 4) is 11.1 Å². The molecule has 2 aromatic rings. The highest BCUT2D eigenvalue weighted by molar-refractivity contribution is 5.71. The van der Waals surface area contributed by atoms with Gasteiger partial charge >= 0.3 is 0 Å². The number of hydrogen-bond acceptors (Lipinski definition) is 1. The molecule has 0 aliphatic heterocycles. The molecule has 0 amide bonds. The van der Waals surface area contributed by atoms with E-state index in [-0.39, 0.29) is 5.82 Å². The van der Waals surface area contributed by atoms with E-state index in [0.717, 1.165) is 23.0 Å². The van der Waals surface area contributed by atoms with Crippen molar-refractivity contribution >= 4 is 6.29 Å². The Hall–Kier alpha value is -1.96. The largest absolute Gasteiger partial charge is 0.303 e. The summed E-state index contributed by atoms with van der Waals surface area (Å²) in [5.41, 5.74) is 2.87. The maximum Gasteiger partial charge on any atom is 0.124 e. The summed E-state index contributed by atoms with van der Waals surface area (Å²) in [7, 11) is 0. The topological polar surface area (TPSA) is 17.1 Å². The minimum Gasteiger partial charge on any atom is -0.303 e. The van der Waals surface area contributed by atoms with Crippen molar-refractivity contribution in [2.45, 2.75) is 6.42 Å². The maximum atomic E-state index is 12.8. The van der Waals surface area contributed by atoms with E-state index in [1.165, 1.54) is 12.1 Å². The van der Waals surface area contributed by atoms with Crippen LogP contribution >= 0.6 is 0 Å². The van der Waals surface area contributed by atoms with Gasteiger partial charge < -0.3 is 4.79 Å². The molecule has 0 atom stereocenters. The second-order valence-electron chi connectivity index (χ2n) is 3.53. The Balaban J connectivity index is 2.46. The third-order valence-corrected chi connectivity index (χ3v) is 2.48. The number of aldehydes is 1. The highest BCUT2D eigenvalue weighted by Gasteiger charge is 2.03. The van der Waals surface area contributed by atoms with E-state index in [4.69, 9.17) is 0 Å². The molecule has 2 heteroatoms. The molecule has 0 fully saturated rings. The lowest BCUT2D eigenvalue weighted by Gasteiger charge is -2.06. The predicted molar refractivity (Wildman–Crippen MR) is 61.6 cm³/mol. The van der Waals surface area contributed by atoms with E-state index >= 15 is 0 Å². The van der Waals surface area contributed by atoms with E-state index in [9.17, 15) is 9.18 Å². The zero-order valence-electron chi connectivity index (χ0n) is 8.69. The van der Waals surface area contributed by atoms with Crippen LogP contribution < -0.4 is 0 Å². The summed E-state index contributed by atoms with van der Waals surface area (Å²) in [4.78, 5) is 10.6. The zero-order valence-corrected chi connectivity index (χ0v) is 8.69. The first-order valence-electron chi connectivity index (χ1n) is 5.09. The Labute approximate surface area is 93.5 Å². The number of carbonyl (C=O) groups is 1. The highest BCUT2D eigenvalue weighted by Crippen LogP contribution is 2.23. The van der Waals surface area contributed by atoms with Crippen molar-refractivity contribution in [1.29, 1.82) is 0 Å². The third kappa shape index (κ3) is 2.16. The van der Waals surface area contributed by atoms with Crippen LogP contribution in [0.15, 0.2) is 48.5 Å². The average molecular weight is 214 g/mol. The second kappa shape index (κ2) is 4.71. The van der Waals surface area contributed by atoms with E-state index < -0.39 is 0 Å². The summed E-state index contributed by atoms with van der Waals surface area (Å²) in [5, 5.41) is 0. The molecule has 16 heavy (non-hydrogen) atoms. The van der Waals surface area contributed by atoms with Crippen LogP contribution in [0.1, 0.15) is 5.56 Å². The SMILES string of the molecule is O=CCc1ccccc1-c1ccc(F)cc1. The first-order chi connectivity index (χ1) is 7.81. The van der Waals surface area contributed by atoms with E-state index in [1.54, 1.807) is 12.1 Å². The molecular weight excluding hydrogens is 203 g/mol. The molecule has 0 bridgehead atoms. The van der Waals surface area contributed by atoms with Crippen molar-refractivity contribution in [2.24, 2.45) is 0 Å². The molecule has 0 radical (unpaired) electrons. The number of carbonyl (C=O) groups excluding carboxylic acids is 1. The molecule has 1 nitrogen and oxygen atoms in total. The van der Waals surface area contributed by atoms with Gasteiger partial charge in [0, 0.05) is 6.42 Å². The molecule has 2 aromatic carbocycles. The van der Waals surface area contributed by atoms with Crippen LogP contribution in [0.2, 0.25) is 0 Å². The fraction of sp³-hybridized carbons (Fsp3) is 0.0714. The summed E-state index contributed by atoms with van der Waals surface area (Å²) < 4.78 is 12.8. The standard InChI is InChI=1S/C14H11FO/c15-13-7-5-12(6-8-13)14-4-2-1-3-11(14)9-10-16/h1-8,10H,9H2. The first-order valence-corrected chi connectivity index (χ1v) is 5.09. The summed E-state index contributed by atoms with van der Waals surface area (Å²) in [6.45, 7) is 0. The molecular formula is C14H11FO. The van der Waals surface area contributed by atoms with Crippen LogP contribution in [-0.2, 0) is 11.2 Å². The van der Waals surface area contributed by atoms with Crippen molar-refractivity contribution in [1.82, 2.24) is 0 Å². The molecule has 0 unspecified atom stereocenters. The molecule has 0 aliphatic carbocycles. The molecule has 2 rings (SSSR count). The summed E-state index contributed by atoms with van der Waals surface area (Å²) in [6.07, 6.45) is 1.26. The monoisotopic (exact) mass is 214 g/mol. The van der Waals surface area contributed by atoms with Gasteiger partial charge in [-0.05, 0) is 28.8 Å². The number of benzene rings is 2. The van der Waals surface area contributed by atoms with E-state index in [2.05, 4.69) is 0 Å². The quantitative estimate of drug-likeness (QED) is 0.717. The molecule has 0 aromatic heterocycles. The van der Waals surface area contributed by atoms with Gasteiger partial charge in [0.1, 0.15) is 12.1 Å². The van der Waals surface area contributed by atoms with Gasteiger partial charge in [-0.1, -0.05) is 36.4 Å². The molecule has 0 N–H and O–H groups in total. The van der Waals surface area contributed by atoms with Crippen molar-refractivity contribution in [3.05, 3.63) is 59.9 Å². The first kappa shape index (κ1) is 10.6. The van der Waals surface area contributed by atoms with Crippen molar-refractivity contribution in [2.75, 3.05) is 0 Å². The Morgan fingerprint density at radius 3 is 2.38 bits per heavy atom. The molecule has 0 saturated carbocycles. The lowest BCUT2D eigenvalue weighted by molar-refractivity contribution is -0.107. The fourth-order valence-electron chi connectivity index (χ4n) is 1.70. The lowest BCUT2D eigenvalue weighted by Crippen LogP contribution is -1.90. The van der Waals surface area contributed by atoms with Gasteiger partial charge in [-0.25, -0.2) is 4.39 Å². The minimum atomic E-state index is -0.253. The van der Waals surface area contributed by atoms with E-state index in [0.29, 0.717) is 6.42 Å². The van der Waals surface area contributed by atoms with Crippen LogP contribution in [0.5, 0.6) is 0 Å². The van der Waals surface area contributed by atoms with Gasteiger partial charge in [0.15, 0.2) is 0 Å². The molecule has 0 heterocycles.